The number of benzene rings is 1. The Balaban J connectivity index is 1.70. The minimum Gasteiger partial charge on any atom is -0.331 e. The Morgan fingerprint density at radius 2 is 1.87 bits per heavy atom. The monoisotopic (exact) mass is 306 g/mol. The summed E-state index contributed by atoms with van der Waals surface area (Å²) in [5.74, 6) is 0.840. The van der Waals surface area contributed by atoms with Crippen LogP contribution in [0.15, 0.2) is 67.3 Å². The molecule has 2 heterocycles. The summed E-state index contributed by atoms with van der Waals surface area (Å²) in [5, 5.41) is 0. The lowest BCUT2D eigenvalue weighted by Gasteiger charge is -2.21. The van der Waals surface area contributed by atoms with Gasteiger partial charge in [0.25, 0.3) is 0 Å². The number of carbonyl (C=O) groups excluding carboxylic acids is 1. The standard InChI is InChI=1S/C18H18N4O/c23-17(11-15-5-2-1-3-6-15)14-22(18-20-9-10-21-18)13-16-7-4-8-19-12-16/h1-10,12H,11,13-14H2,(H,20,21). The lowest BCUT2D eigenvalue weighted by molar-refractivity contribution is -0.117. The molecule has 3 rings (SSSR count). The summed E-state index contributed by atoms with van der Waals surface area (Å²) < 4.78 is 0. The quantitative estimate of drug-likeness (QED) is 0.729. The molecular formula is C18H18N4O. The van der Waals surface area contributed by atoms with Crippen molar-refractivity contribution in [3.8, 4) is 0 Å². The Kier molecular flexibility index (Phi) is 4.79. The highest BCUT2D eigenvalue weighted by Gasteiger charge is 2.14. The van der Waals surface area contributed by atoms with Gasteiger partial charge in [-0.05, 0) is 17.2 Å². The SMILES string of the molecule is O=C(Cc1ccccc1)CN(Cc1cccnc1)c1ncc[nH]1. The largest absolute Gasteiger partial charge is 0.331 e. The molecule has 0 atom stereocenters. The van der Waals surface area contributed by atoms with Crippen LogP contribution in [0.5, 0.6) is 0 Å². The van der Waals surface area contributed by atoms with E-state index in [1.54, 1.807) is 24.8 Å². The van der Waals surface area contributed by atoms with E-state index < -0.39 is 0 Å². The number of imidazole rings is 1. The van der Waals surface area contributed by atoms with Gasteiger partial charge >= 0.3 is 0 Å². The molecule has 0 fully saturated rings. The molecule has 0 aliphatic carbocycles. The molecule has 0 aliphatic rings. The van der Waals surface area contributed by atoms with Crippen LogP contribution in [-0.2, 0) is 17.8 Å². The number of pyridine rings is 1. The van der Waals surface area contributed by atoms with E-state index in [-0.39, 0.29) is 5.78 Å². The fraction of sp³-hybridized carbons (Fsp3) is 0.167. The summed E-state index contributed by atoms with van der Waals surface area (Å²) in [6.45, 7) is 0.888. The van der Waals surface area contributed by atoms with Crippen LogP contribution in [0.25, 0.3) is 0 Å². The first-order chi connectivity index (χ1) is 11.3. The number of nitrogens with one attached hydrogen (secondary N) is 1. The highest BCUT2D eigenvalue weighted by molar-refractivity contribution is 5.85. The Morgan fingerprint density at radius 1 is 1.04 bits per heavy atom. The van der Waals surface area contributed by atoms with Crippen LogP contribution < -0.4 is 4.90 Å². The van der Waals surface area contributed by atoms with Gasteiger partial charge in [0.05, 0.1) is 6.54 Å². The topological polar surface area (TPSA) is 61.9 Å². The average Bonchev–Trinajstić information content (AvgIpc) is 3.10. The Bertz CT molecular complexity index is 726. The summed E-state index contributed by atoms with van der Waals surface area (Å²) in [5.41, 5.74) is 2.06. The van der Waals surface area contributed by atoms with E-state index >= 15 is 0 Å². The van der Waals surface area contributed by atoms with Crippen molar-refractivity contribution in [3.63, 3.8) is 0 Å². The highest BCUT2D eigenvalue weighted by atomic mass is 16.1. The van der Waals surface area contributed by atoms with Crippen LogP contribution in [0.2, 0.25) is 0 Å². The first-order valence-electron chi connectivity index (χ1n) is 7.50. The van der Waals surface area contributed by atoms with Crippen molar-refractivity contribution < 1.29 is 4.79 Å². The number of ketones is 1. The molecule has 116 valence electrons. The van der Waals surface area contributed by atoms with Gasteiger partial charge in [-0.2, -0.15) is 0 Å². The first-order valence-corrected chi connectivity index (χ1v) is 7.50. The zero-order valence-electron chi connectivity index (χ0n) is 12.7. The predicted molar refractivity (Wildman–Crippen MR) is 89.0 cm³/mol. The van der Waals surface area contributed by atoms with Crippen molar-refractivity contribution in [1.29, 1.82) is 0 Å². The van der Waals surface area contributed by atoms with Crippen molar-refractivity contribution in [2.24, 2.45) is 0 Å². The number of aromatic amines is 1. The van der Waals surface area contributed by atoms with Crippen molar-refractivity contribution in [1.82, 2.24) is 15.0 Å². The maximum atomic E-state index is 12.4. The molecule has 0 unspecified atom stereocenters. The second-order valence-corrected chi connectivity index (χ2v) is 5.33. The van der Waals surface area contributed by atoms with Crippen LogP contribution in [0.4, 0.5) is 5.95 Å². The van der Waals surface area contributed by atoms with E-state index in [9.17, 15) is 4.79 Å². The number of hydrogen-bond acceptors (Lipinski definition) is 4. The molecule has 2 aromatic heterocycles. The van der Waals surface area contributed by atoms with E-state index in [4.69, 9.17) is 0 Å². The fourth-order valence-electron chi connectivity index (χ4n) is 2.44. The van der Waals surface area contributed by atoms with Gasteiger partial charge in [-0.3, -0.25) is 9.78 Å². The van der Waals surface area contributed by atoms with Crippen molar-refractivity contribution >= 4 is 11.7 Å². The molecule has 0 amide bonds. The number of hydrogen-bond donors (Lipinski definition) is 1. The normalized spacial score (nSPS) is 10.4. The highest BCUT2D eigenvalue weighted by Crippen LogP contribution is 2.12. The second kappa shape index (κ2) is 7.35. The summed E-state index contributed by atoms with van der Waals surface area (Å²) in [4.78, 5) is 25.8. The molecule has 0 saturated carbocycles. The molecular weight excluding hydrogens is 288 g/mol. The average molecular weight is 306 g/mol. The Morgan fingerprint density at radius 3 is 2.57 bits per heavy atom. The minimum atomic E-state index is 0.150. The van der Waals surface area contributed by atoms with Crippen molar-refractivity contribution in [2.45, 2.75) is 13.0 Å². The van der Waals surface area contributed by atoms with Gasteiger partial charge in [0.1, 0.15) is 0 Å². The van der Waals surface area contributed by atoms with Crippen molar-refractivity contribution in [2.75, 3.05) is 11.4 Å². The lowest BCUT2D eigenvalue weighted by atomic mass is 10.1. The third-order valence-electron chi connectivity index (χ3n) is 3.49. The molecule has 0 spiro atoms. The number of anilines is 1. The van der Waals surface area contributed by atoms with Gasteiger partial charge in [0.15, 0.2) is 5.78 Å². The summed E-state index contributed by atoms with van der Waals surface area (Å²) in [6.07, 6.45) is 7.41. The molecule has 1 aromatic carbocycles. The molecule has 1 N–H and O–H groups in total. The van der Waals surface area contributed by atoms with Crippen LogP contribution in [-0.4, -0.2) is 27.3 Å². The number of rotatable bonds is 7. The summed E-state index contributed by atoms with van der Waals surface area (Å²) >= 11 is 0. The molecule has 23 heavy (non-hydrogen) atoms. The second-order valence-electron chi connectivity index (χ2n) is 5.33. The molecule has 5 heteroatoms. The number of Topliss-reactive ketones (excluding diaryl/α,β-unsaturated/α-hetero) is 1. The molecule has 0 aliphatic heterocycles. The van der Waals surface area contributed by atoms with Crippen LogP contribution >= 0.6 is 0 Å². The van der Waals surface area contributed by atoms with Crippen molar-refractivity contribution in [3.05, 3.63) is 78.4 Å². The predicted octanol–water partition coefficient (Wildman–Crippen LogP) is 2.62. The van der Waals surface area contributed by atoms with Gasteiger partial charge < -0.3 is 9.88 Å². The zero-order valence-corrected chi connectivity index (χ0v) is 12.7. The number of H-pyrrole nitrogens is 1. The minimum absolute atomic E-state index is 0.150. The molecule has 0 bridgehead atoms. The first kappa shape index (κ1) is 15.0. The van der Waals surface area contributed by atoms with Gasteiger partial charge in [0, 0.05) is 37.8 Å². The molecule has 0 saturated heterocycles. The fourth-order valence-corrected chi connectivity index (χ4v) is 2.44. The summed E-state index contributed by atoms with van der Waals surface area (Å²) in [7, 11) is 0. The number of aromatic nitrogens is 3. The van der Waals surface area contributed by atoms with E-state index in [0.29, 0.717) is 25.5 Å². The Labute approximate surface area is 135 Å². The van der Waals surface area contributed by atoms with Crippen LogP contribution in [0.3, 0.4) is 0 Å². The van der Waals surface area contributed by atoms with Gasteiger partial charge in [-0.25, -0.2) is 4.98 Å². The van der Waals surface area contributed by atoms with E-state index in [1.165, 1.54) is 0 Å². The van der Waals surface area contributed by atoms with Crippen LogP contribution in [0.1, 0.15) is 11.1 Å². The zero-order chi connectivity index (χ0) is 15.9. The van der Waals surface area contributed by atoms with Crippen LogP contribution in [0, 0.1) is 0 Å². The van der Waals surface area contributed by atoms with Gasteiger partial charge in [-0.15, -0.1) is 0 Å². The van der Waals surface area contributed by atoms with E-state index in [1.807, 2.05) is 47.4 Å². The van der Waals surface area contributed by atoms with E-state index in [2.05, 4.69) is 15.0 Å². The van der Waals surface area contributed by atoms with E-state index in [0.717, 1.165) is 11.1 Å². The number of nitrogens with zero attached hydrogens (tertiary/aromatic N) is 3. The van der Waals surface area contributed by atoms with Gasteiger partial charge in [0.2, 0.25) is 5.95 Å². The molecule has 5 nitrogen and oxygen atoms in total. The third kappa shape index (κ3) is 4.26. The maximum Gasteiger partial charge on any atom is 0.203 e. The smallest absolute Gasteiger partial charge is 0.203 e. The van der Waals surface area contributed by atoms with Gasteiger partial charge in [-0.1, -0.05) is 36.4 Å². The summed E-state index contributed by atoms with van der Waals surface area (Å²) in [6, 6.07) is 13.7. The number of carbonyl (C=O) groups is 1. The third-order valence-corrected chi connectivity index (χ3v) is 3.49. The lowest BCUT2D eigenvalue weighted by Crippen LogP contribution is -2.31. The molecule has 0 radical (unpaired) electrons. The Hall–Kier alpha value is -2.95. The maximum absolute atomic E-state index is 12.4. The molecule has 3 aromatic rings.